The Bertz CT molecular complexity index is 1290. The maximum Gasteiger partial charge on any atom is 0.330 e. The van der Waals surface area contributed by atoms with Crippen LogP contribution in [0.25, 0.3) is 22.6 Å². The van der Waals surface area contributed by atoms with Crippen molar-refractivity contribution < 1.29 is 0 Å². The standard InChI is InChI=1S/C24H32N8OS/c1-5-6-7-8-18(11-12-34-4)32-22-20(31(3)24(32)33)14-25-23(29-22)28-19-10-9-17(13-16(19)2)21-26-15-27-30-21/h9-10,13-15,18H,5-8,11-12H2,1-4H3,(H,25,28,29)(H,26,27,30). The molecule has 1 unspecified atom stereocenters. The Balaban J connectivity index is 1.67. The van der Waals surface area contributed by atoms with Crippen molar-refractivity contribution in [3.05, 3.63) is 46.8 Å². The Morgan fingerprint density at radius 1 is 1.21 bits per heavy atom. The number of unbranched alkanes of at least 4 members (excludes halogenated alkanes) is 2. The Labute approximate surface area is 203 Å². The zero-order chi connectivity index (χ0) is 24.1. The Morgan fingerprint density at radius 3 is 2.76 bits per heavy atom. The van der Waals surface area contributed by atoms with Crippen molar-refractivity contribution in [1.29, 1.82) is 0 Å². The summed E-state index contributed by atoms with van der Waals surface area (Å²) in [5.74, 6) is 2.20. The lowest BCUT2D eigenvalue weighted by Crippen LogP contribution is -2.27. The molecule has 0 aliphatic heterocycles. The molecule has 4 aromatic rings. The number of benzene rings is 1. The van der Waals surface area contributed by atoms with Crippen LogP contribution in [0.2, 0.25) is 0 Å². The second kappa shape index (κ2) is 10.9. The van der Waals surface area contributed by atoms with Gasteiger partial charge in [0.15, 0.2) is 11.5 Å². The van der Waals surface area contributed by atoms with Gasteiger partial charge in [0.25, 0.3) is 0 Å². The third kappa shape index (κ3) is 5.01. The van der Waals surface area contributed by atoms with E-state index in [0.29, 0.717) is 11.6 Å². The van der Waals surface area contributed by atoms with Crippen LogP contribution in [0.1, 0.15) is 50.6 Å². The van der Waals surface area contributed by atoms with Crippen LogP contribution in [0.3, 0.4) is 0 Å². The highest BCUT2D eigenvalue weighted by Gasteiger charge is 2.21. The predicted molar refractivity (Wildman–Crippen MR) is 139 cm³/mol. The first-order valence-electron chi connectivity index (χ1n) is 11.7. The number of aromatic amines is 1. The Kier molecular flexibility index (Phi) is 7.66. The molecule has 10 heteroatoms. The number of rotatable bonds is 11. The lowest BCUT2D eigenvalue weighted by molar-refractivity contribution is 0.428. The average molecular weight is 481 g/mol. The first kappa shape index (κ1) is 24.0. The molecule has 9 nitrogen and oxygen atoms in total. The summed E-state index contributed by atoms with van der Waals surface area (Å²) in [7, 11) is 1.79. The molecule has 0 saturated carbocycles. The van der Waals surface area contributed by atoms with E-state index in [9.17, 15) is 4.79 Å². The molecule has 34 heavy (non-hydrogen) atoms. The van der Waals surface area contributed by atoms with Crippen LogP contribution < -0.4 is 11.0 Å². The minimum Gasteiger partial charge on any atom is -0.324 e. The van der Waals surface area contributed by atoms with E-state index in [0.717, 1.165) is 59.6 Å². The molecule has 0 aliphatic rings. The maximum atomic E-state index is 13.2. The van der Waals surface area contributed by atoms with Gasteiger partial charge in [0.2, 0.25) is 5.95 Å². The molecular formula is C24H32N8OS. The van der Waals surface area contributed by atoms with E-state index in [2.05, 4.69) is 38.7 Å². The summed E-state index contributed by atoms with van der Waals surface area (Å²) in [5.41, 5.74) is 4.28. The van der Waals surface area contributed by atoms with E-state index in [-0.39, 0.29) is 11.7 Å². The molecule has 4 rings (SSSR count). The molecule has 180 valence electrons. The largest absolute Gasteiger partial charge is 0.330 e. The number of hydrogen-bond donors (Lipinski definition) is 2. The summed E-state index contributed by atoms with van der Waals surface area (Å²) in [6.45, 7) is 4.22. The van der Waals surface area contributed by atoms with Crippen molar-refractivity contribution in [3.63, 3.8) is 0 Å². The summed E-state index contributed by atoms with van der Waals surface area (Å²) in [4.78, 5) is 26.7. The quantitative estimate of drug-likeness (QED) is 0.296. The zero-order valence-electron chi connectivity index (χ0n) is 20.2. The fourth-order valence-electron chi connectivity index (χ4n) is 4.23. The molecule has 0 bridgehead atoms. The fourth-order valence-corrected chi connectivity index (χ4v) is 4.74. The minimum absolute atomic E-state index is 0.0309. The van der Waals surface area contributed by atoms with Gasteiger partial charge in [-0.05, 0) is 55.5 Å². The van der Waals surface area contributed by atoms with E-state index >= 15 is 0 Å². The summed E-state index contributed by atoms with van der Waals surface area (Å²) in [6, 6.07) is 6.11. The molecule has 0 spiro atoms. The molecule has 3 heterocycles. The number of imidazole rings is 1. The van der Waals surface area contributed by atoms with Crippen LogP contribution in [-0.4, -0.2) is 46.3 Å². The van der Waals surface area contributed by atoms with Crippen LogP contribution in [0, 0.1) is 6.92 Å². The summed E-state index contributed by atoms with van der Waals surface area (Å²) in [6.07, 6.45) is 10.7. The highest BCUT2D eigenvalue weighted by molar-refractivity contribution is 7.98. The van der Waals surface area contributed by atoms with E-state index in [1.165, 1.54) is 12.7 Å². The van der Waals surface area contributed by atoms with Crippen LogP contribution in [0.15, 0.2) is 35.5 Å². The van der Waals surface area contributed by atoms with Gasteiger partial charge in [-0.2, -0.15) is 21.8 Å². The SMILES string of the molecule is CCCCCC(CCSC)n1c(=O)n(C)c2cnc(Nc3ccc(-c4ncn[nH]4)cc3C)nc21. The van der Waals surface area contributed by atoms with Gasteiger partial charge < -0.3 is 5.32 Å². The van der Waals surface area contributed by atoms with Gasteiger partial charge in [-0.25, -0.2) is 14.8 Å². The first-order valence-corrected chi connectivity index (χ1v) is 13.1. The number of fused-ring (bicyclic) bond motifs is 1. The first-order chi connectivity index (χ1) is 16.5. The average Bonchev–Trinajstić information content (AvgIpc) is 3.45. The predicted octanol–water partition coefficient (Wildman–Crippen LogP) is 4.84. The smallest absolute Gasteiger partial charge is 0.324 e. The van der Waals surface area contributed by atoms with Crippen molar-refractivity contribution in [3.8, 4) is 11.4 Å². The molecule has 2 N–H and O–H groups in total. The van der Waals surface area contributed by atoms with E-state index in [4.69, 9.17) is 4.98 Å². The molecule has 0 saturated heterocycles. The van der Waals surface area contributed by atoms with Gasteiger partial charge in [-0.1, -0.05) is 26.2 Å². The molecule has 1 atom stereocenters. The molecule has 0 aliphatic carbocycles. The second-order valence-electron chi connectivity index (χ2n) is 8.53. The normalized spacial score (nSPS) is 12.4. The van der Waals surface area contributed by atoms with E-state index < -0.39 is 0 Å². The van der Waals surface area contributed by atoms with Crippen LogP contribution >= 0.6 is 11.8 Å². The number of anilines is 2. The summed E-state index contributed by atoms with van der Waals surface area (Å²) < 4.78 is 3.54. The molecule has 1 aromatic carbocycles. The lowest BCUT2D eigenvalue weighted by Gasteiger charge is -2.18. The van der Waals surface area contributed by atoms with Crippen LogP contribution in [-0.2, 0) is 7.05 Å². The number of nitrogens with one attached hydrogen (secondary N) is 2. The van der Waals surface area contributed by atoms with Gasteiger partial charge >= 0.3 is 5.69 Å². The third-order valence-corrected chi connectivity index (χ3v) is 6.80. The Hall–Kier alpha value is -3.14. The van der Waals surface area contributed by atoms with Crippen LogP contribution in [0.5, 0.6) is 0 Å². The van der Waals surface area contributed by atoms with E-state index in [1.807, 2.05) is 41.5 Å². The summed E-state index contributed by atoms with van der Waals surface area (Å²) >= 11 is 1.81. The minimum atomic E-state index is -0.0309. The van der Waals surface area contributed by atoms with E-state index in [1.54, 1.807) is 17.8 Å². The number of H-pyrrole nitrogens is 1. The monoisotopic (exact) mass is 480 g/mol. The molecule has 0 radical (unpaired) electrons. The lowest BCUT2D eigenvalue weighted by atomic mass is 10.1. The second-order valence-corrected chi connectivity index (χ2v) is 9.52. The van der Waals surface area contributed by atoms with Crippen LogP contribution in [0.4, 0.5) is 11.6 Å². The number of aryl methyl sites for hydroxylation is 2. The number of hydrogen-bond acceptors (Lipinski definition) is 7. The third-order valence-electron chi connectivity index (χ3n) is 6.16. The van der Waals surface area contributed by atoms with Gasteiger partial charge in [-0.15, -0.1) is 0 Å². The van der Waals surface area contributed by atoms with Gasteiger partial charge in [0, 0.05) is 24.3 Å². The molecule has 3 aromatic heterocycles. The van der Waals surface area contributed by atoms with Gasteiger partial charge in [-0.3, -0.25) is 14.2 Å². The van der Waals surface area contributed by atoms with Crippen molar-refractivity contribution >= 4 is 34.6 Å². The molecular weight excluding hydrogens is 448 g/mol. The van der Waals surface area contributed by atoms with Crippen molar-refractivity contribution in [2.45, 2.75) is 52.0 Å². The highest BCUT2D eigenvalue weighted by atomic mass is 32.2. The van der Waals surface area contributed by atoms with Crippen molar-refractivity contribution in [2.75, 3.05) is 17.3 Å². The zero-order valence-corrected chi connectivity index (χ0v) is 21.0. The van der Waals surface area contributed by atoms with Crippen molar-refractivity contribution in [1.82, 2.24) is 34.3 Å². The summed E-state index contributed by atoms with van der Waals surface area (Å²) in [5, 5.41) is 10.1. The van der Waals surface area contributed by atoms with Gasteiger partial charge in [0.05, 0.1) is 6.20 Å². The Morgan fingerprint density at radius 2 is 2.06 bits per heavy atom. The maximum absolute atomic E-state index is 13.2. The highest BCUT2D eigenvalue weighted by Crippen LogP contribution is 2.27. The molecule has 0 fully saturated rings. The number of thioether (sulfide) groups is 1. The topological polar surface area (TPSA) is 106 Å². The number of aromatic nitrogens is 7. The van der Waals surface area contributed by atoms with Crippen molar-refractivity contribution in [2.24, 2.45) is 7.05 Å². The number of nitrogens with zero attached hydrogens (tertiary/aromatic N) is 6. The molecule has 0 amide bonds. The van der Waals surface area contributed by atoms with Gasteiger partial charge in [0.1, 0.15) is 11.8 Å². The fraction of sp³-hybridized carbons (Fsp3) is 0.458.